The fraction of sp³-hybridized carbons (Fsp3) is 0.0149. The lowest BCUT2D eigenvalue weighted by molar-refractivity contribution is 0.792. The predicted octanol–water partition coefficient (Wildman–Crippen LogP) is 18.0. The second kappa shape index (κ2) is 15.0. The molecule has 3 heteroatoms. The first kappa shape index (κ1) is 39.5. The van der Waals surface area contributed by atoms with E-state index in [1.165, 1.54) is 122 Å². The van der Waals surface area contributed by atoms with E-state index in [2.05, 4.69) is 274 Å². The number of para-hydroxylation sites is 2. The molecule has 326 valence electrons. The molecule has 2 aromatic heterocycles. The van der Waals surface area contributed by atoms with Gasteiger partial charge in [-0.05, 0) is 157 Å². The molecule has 2 nitrogen and oxygen atoms in total. The Hall–Kier alpha value is -8.50. The molecule has 15 rings (SSSR count). The smallest absolute Gasteiger partial charge is 0.0726 e. The Morgan fingerprint density at radius 1 is 0.257 bits per heavy atom. The average molecular weight is 954 g/mol. The molecule has 0 saturated heterocycles. The van der Waals surface area contributed by atoms with Crippen LogP contribution in [0, 0.1) is 0 Å². The molecule has 70 heavy (non-hydrogen) atoms. The van der Waals surface area contributed by atoms with Crippen molar-refractivity contribution in [2.45, 2.75) is 5.41 Å². The summed E-state index contributed by atoms with van der Waals surface area (Å²) in [5.41, 5.74) is 24.5. The van der Waals surface area contributed by atoms with Gasteiger partial charge < -0.3 is 9.13 Å². The standard InChI is InChI=1S/C67H41BrN2/c68-48-37-46(44-28-34-65-57(39-44)55-19-7-12-24-63(55)69(65)49-30-26-43(27-31-49)42-14-2-1-3-15-42)36-47(38-48)45-29-35-66-58(40-45)56-20-8-13-25-64(56)70(66)50-32-33-54-53-18-6-11-23-61(53)67(62(54)41-50)59-21-9-4-16-51(59)52-17-5-10-22-60(52)67/h1-41H. The average Bonchev–Trinajstić information content (AvgIpc) is 4.13. The molecule has 2 aliphatic rings. The number of fused-ring (bicyclic) bond motifs is 16. The van der Waals surface area contributed by atoms with Crippen molar-refractivity contribution in [3.63, 3.8) is 0 Å². The zero-order chi connectivity index (χ0) is 46.1. The summed E-state index contributed by atoms with van der Waals surface area (Å²) in [5, 5.41) is 4.94. The molecule has 11 aromatic carbocycles. The third kappa shape index (κ3) is 5.55. The van der Waals surface area contributed by atoms with Crippen LogP contribution in [0.15, 0.2) is 253 Å². The second-order valence-electron chi connectivity index (χ2n) is 18.9. The highest BCUT2D eigenvalue weighted by Crippen LogP contribution is 2.63. The van der Waals surface area contributed by atoms with Gasteiger partial charge in [0.1, 0.15) is 0 Å². The molecule has 0 N–H and O–H groups in total. The van der Waals surface area contributed by atoms with Crippen LogP contribution in [0.3, 0.4) is 0 Å². The minimum Gasteiger partial charge on any atom is -0.309 e. The van der Waals surface area contributed by atoms with Crippen molar-refractivity contribution in [3.05, 3.63) is 275 Å². The topological polar surface area (TPSA) is 9.86 Å². The van der Waals surface area contributed by atoms with Crippen LogP contribution in [-0.4, -0.2) is 9.13 Å². The van der Waals surface area contributed by atoms with Gasteiger partial charge in [0.05, 0.1) is 27.5 Å². The monoisotopic (exact) mass is 952 g/mol. The molecule has 0 radical (unpaired) electrons. The molecule has 0 saturated carbocycles. The van der Waals surface area contributed by atoms with Crippen LogP contribution in [0.4, 0.5) is 0 Å². The van der Waals surface area contributed by atoms with Gasteiger partial charge in [-0.25, -0.2) is 0 Å². The summed E-state index contributed by atoms with van der Waals surface area (Å²) in [7, 11) is 0. The summed E-state index contributed by atoms with van der Waals surface area (Å²) in [4.78, 5) is 0. The lowest BCUT2D eigenvalue weighted by Gasteiger charge is -2.30. The largest absolute Gasteiger partial charge is 0.309 e. The Balaban J connectivity index is 0.847. The van der Waals surface area contributed by atoms with E-state index < -0.39 is 5.41 Å². The third-order valence-electron chi connectivity index (χ3n) is 15.4. The zero-order valence-corrected chi connectivity index (χ0v) is 39.5. The van der Waals surface area contributed by atoms with Gasteiger partial charge in [-0.3, -0.25) is 0 Å². The maximum atomic E-state index is 3.95. The number of hydrogen-bond acceptors (Lipinski definition) is 0. The molecule has 0 fully saturated rings. The molecule has 0 atom stereocenters. The van der Waals surface area contributed by atoms with Gasteiger partial charge in [0.15, 0.2) is 0 Å². The third-order valence-corrected chi connectivity index (χ3v) is 15.8. The fourth-order valence-electron chi connectivity index (χ4n) is 12.4. The quantitative estimate of drug-likeness (QED) is 0.163. The fourth-order valence-corrected chi connectivity index (χ4v) is 12.9. The highest BCUT2D eigenvalue weighted by atomic mass is 79.9. The van der Waals surface area contributed by atoms with Crippen molar-refractivity contribution in [2.75, 3.05) is 0 Å². The van der Waals surface area contributed by atoms with Gasteiger partial charge in [-0.2, -0.15) is 0 Å². The number of hydrogen-bond donors (Lipinski definition) is 0. The van der Waals surface area contributed by atoms with E-state index in [1.54, 1.807) is 0 Å². The van der Waals surface area contributed by atoms with E-state index in [0.29, 0.717) is 0 Å². The number of nitrogens with zero attached hydrogens (tertiary/aromatic N) is 2. The summed E-state index contributed by atoms with van der Waals surface area (Å²) in [6, 6.07) is 92.4. The Kier molecular flexibility index (Phi) is 8.46. The SMILES string of the molecule is Brc1cc(-c2ccc3c(c2)c2ccccc2n3-c2ccc(-c3ccccc3)cc2)cc(-c2ccc3c(c2)c2ccccc2n3-c2ccc3c(c2)C2(c4ccccc4-c4ccccc42)c2ccccc2-3)c1. The van der Waals surface area contributed by atoms with Crippen molar-refractivity contribution in [2.24, 2.45) is 0 Å². The molecule has 2 aliphatic carbocycles. The van der Waals surface area contributed by atoms with Crippen LogP contribution in [0.2, 0.25) is 0 Å². The molecule has 0 bridgehead atoms. The molecule has 0 unspecified atom stereocenters. The van der Waals surface area contributed by atoms with Gasteiger partial charge in [0.25, 0.3) is 0 Å². The molecule has 0 aliphatic heterocycles. The van der Waals surface area contributed by atoms with Gasteiger partial charge >= 0.3 is 0 Å². The van der Waals surface area contributed by atoms with Crippen molar-refractivity contribution < 1.29 is 0 Å². The Labute approximate surface area is 414 Å². The normalized spacial score (nSPS) is 13.0. The molecule has 2 heterocycles. The summed E-state index contributed by atoms with van der Waals surface area (Å²) >= 11 is 3.95. The summed E-state index contributed by atoms with van der Waals surface area (Å²) < 4.78 is 5.92. The molecular formula is C67H41BrN2. The Morgan fingerprint density at radius 2 is 0.671 bits per heavy atom. The van der Waals surface area contributed by atoms with E-state index in [0.717, 1.165) is 15.8 Å². The van der Waals surface area contributed by atoms with Crippen LogP contribution in [-0.2, 0) is 5.41 Å². The van der Waals surface area contributed by atoms with Crippen LogP contribution in [0.25, 0.3) is 111 Å². The summed E-state index contributed by atoms with van der Waals surface area (Å²) in [5.74, 6) is 0. The van der Waals surface area contributed by atoms with E-state index in [-0.39, 0.29) is 0 Å². The second-order valence-corrected chi connectivity index (χ2v) is 19.8. The number of benzene rings is 11. The van der Waals surface area contributed by atoms with E-state index >= 15 is 0 Å². The summed E-state index contributed by atoms with van der Waals surface area (Å²) in [6.45, 7) is 0. The Bertz CT molecular complexity index is 4240. The molecular weight excluding hydrogens is 913 g/mol. The van der Waals surface area contributed by atoms with Gasteiger partial charge in [-0.15, -0.1) is 0 Å². The van der Waals surface area contributed by atoms with Crippen LogP contribution in [0.5, 0.6) is 0 Å². The minimum atomic E-state index is -0.407. The molecule has 1 spiro atoms. The maximum Gasteiger partial charge on any atom is 0.0726 e. The Morgan fingerprint density at radius 3 is 1.23 bits per heavy atom. The zero-order valence-electron chi connectivity index (χ0n) is 37.9. The van der Waals surface area contributed by atoms with E-state index in [1.807, 2.05) is 0 Å². The van der Waals surface area contributed by atoms with Gasteiger partial charge in [0.2, 0.25) is 0 Å². The van der Waals surface area contributed by atoms with E-state index in [4.69, 9.17) is 0 Å². The van der Waals surface area contributed by atoms with Crippen molar-refractivity contribution in [1.29, 1.82) is 0 Å². The highest BCUT2D eigenvalue weighted by molar-refractivity contribution is 9.10. The van der Waals surface area contributed by atoms with Crippen molar-refractivity contribution in [3.8, 4) is 67.0 Å². The van der Waals surface area contributed by atoms with Crippen LogP contribution < -0.4 is 0 Å². The predicted molar refractivity (Wildman–Crippen MR) is 295 cm³/mol. The highest BCUT2D eigenvalue weighted by Gasteiger charge is 2.51. The number of rotatable bonds is 5. The number of aromatic nitrogens is 2. The molecule has 13 aromatic rings. The van der Waals surface area contributed by atoms with Gasteiger partial charge in [0, 0.05) is 37.4 Å². The van der Waals surface area contributed by atoms with Crippen molar-refractivity contribution in [1.82, 2.24) is 9.13 Å². The lowest BCUT2D eigenvalue weighted by atomic mass is 9.70. The van der Waals surface area contributed by atoms with Crippen LogP contribution >= 0.6 is 15.9 Å². The first-order valence-corrected chi connectivity index (χ1v) is 24.9. The lowest BCUT2D eigenvalue weighted by Crippen LogP contribution is -2.26. The first-order chi connectivity index (χ1) is 34.6. The number of halogens is 1. The minimum absolute atomic E-state index is 0.407. The summed E-state index contributed by atoms with van der Waals surface area (Å²) in [6.07, 6.45) is 0. The maximum absolute atomic E-state index is 3.95. The van der Waals surface area contributed by atoms with Gasteiger partial charge in [-0.1, -0.05) is 186 Å². The van der Waals surface area contributed by atoms with E-state index in [9.17, 15) is 0 Å². The van der Waals surface area contributed by atoms with Crippen LogP contribution in [0.1, 0.15) is 22.3 Å². The first-order valence-electron chi connectivity index (χ1n) is 24.1. The molecule has 0 amide bonds. The van der Waals surface area contributed by atoms with Crippen molar-refractivity contribution >= 4 is 59.5 Å².